The molecule has 2 rings (SSSR count). The highest BCUT2D eigenvalue weighted by atomic mass is 127. The fraction of sp³-hybridized carbons (Fsp3) is 0.667. The first-order chi connectivity index (χ1) is 13.4. The molecule has 0 saturated heterocycles. The molecule has 7 nitrogen and oxygen atoms in total. The molecular weight excluding hydrogens is 483 g/mol. The van der Waals surface area contributed by atoms with Gasteiger partial charge in [-0.05, 0) is 50.5 Å². The molecule has 1 aromatic rings. The van der Waals surface area contributed by atoms with Crippen molar-refractivity contribution in [1.29, 1.82) is 0 Å². The number of ether oxygens (including phenoxy) is 3. The van der Waals surface area contributed by atoms with Crippen molar-refractivity contribution >= 4 is 29.9 Å². The van der Waals surface area contributed by atoms with E-state index >= 15 is 0 Å². The standard InChI is InChI=1S/C21H36N4O3.HI/c1-7-22-20(24-15-21(2,3)28-6)23-9-11-25-10-8-16-12-18(26-4)19(27-5)13-17(16)14-25;/h12-13H,7-11,14-15H2,1-6H3,(H2,22,23,24);1H. The van der Waals surface area contributed by atoms with Crippen molar-refractivity contribution in [2.24, 2.45) is 4.99 Å². The highest BCUT2D eigenvalue weighted by Gasteiger charge is 2.19. The van der Waals surface area contributed by atoms with E-state index in [1.165, 1.54) is 11.1 Å². The summed E-state index contributed by atoms with van der Waals surface area (Å²) in [6.45, 7) is 11.3. The molecule has 0 spiro atoms. The molecule has 8 heteroatoms. The smallest absolute Gasteiger partial charge is 0.191 e. The molecule has 0 aromatic heterocycles. The van der Waals surface area contributed by atoms with E-state index in [1.54, 1.807) is 21.3 Å². The van der Waals surface area contributed by atoms with Crippen LogP contribution in [-0.4, -0.2) is 70.5 Å². The van der Waals surface area contributed by atoms with Gasteiger partial charge < -0.3 is 24.8 Å². The average molecular weight is 520 g/mol. The van der Waals surface area contributed by atoms with Crippen LogP contribution in [0.2, 0.25) is 0 Å². The summed E-state index contributed by atoms with van der Waals surface area (Å²) in [5.74, 6) is 2.43. The number of aliphatic imine (C=N–C) groups is 1. The molecule has 0 bridgehead atoms. The van der Waals surface area contributed by atoms with Gasteiger partial charge in [-0.1, -0.05) is 0 Å². The van der Waals surface area contributed by atoms with Gasteiger partial charge in [-0.3, -0.25) is 9.89 Å². The van der Waals surface area contributed by atoms with E-state index in [2.05, 4.69) is 39.6 Å². The first kappa shape index (κ1) is 25.8. The van der Waals surface area contributed by atoms with E-state index in [1.807, 2.05) is 13.8 Å². The van der Waals surface area contributed by atoms with E-state index in [0.717, 1.165) is 56.6 Å². The van der Waals surface area contributed by atoms with E-state index in [9.17, 15) is 0 Å². The zero-order chi connectivity index (χ0) is 20.6. The molecule has 0 amide bonds. The topological polar surface area (TPSA) is 67.4 Å². The molecule has 1 heterocycles. The lowest BCUT2D eigenvalue weighted by Gasteiger charge is -2.29. The summed E-state index contributed by atoms with van der Waals surface area (Å²) in [7, 11) is 5.08. The fourth-order valence-electron chi connectivity index (χ4n) is 3.14. The molecule has 0 atom stereocenters. The van der Waals surface area contributed by atoms with Crippen LogP contribution >= 0.6 is 24.0 Å². The Hall–Kier alpha value is -1.26. The number of hydrogen-bond donors (Lipinski definition) is 2. The first-order valence-electron chi connectivity index (χ1n) is 9.96. The molecule has 0 unspecified atom stereocenters. The Morgan fingerprint density at radius 1 is 1.10 bits per heavy atom. The van der Waals surface area contributed by atoms with Crippen LogP contribution < -0.4 is 20.1 Å². The Bertz CT molecular complexity index is 668. The van der Waals surface area contributed by atoms with Crippen molar-refractivity contribution in [2.45, 2.75) is 39.3 Å². The van der Waals surface area contributed by atoms with Gasteiger partial charge in [-0.2, -0.15) is 0 Å². The average Bonchev–Trinajstić information content (AvgIpc) is 2.70. The van der Waals surface area contributed by atoms with Gasteiger partial charge in [0.25, 0.3) is 0 Å². The second-order valence-electron chi connectivity index (χ2n) is 7.59. The number of hydrogen-bond acceptors (Lipinski definition) is 5. The maximum atomic E-state index is 5.45. The molecular formula is C21H37IN4O3. The molecule has 1 aromatic carbocycles. The van der Waals surface area contributed by atoms with Crippen LogP contribution in [0.15, 0.2) is 17.1 Å². The van der Waals surface area contributed by atoms with Crippen molar-refractivity contribution in [1.82, 2.24) is 15.5 Å². The highest BCUT2D eigenvalue weighted by Crippen LogP contribution is 2.33. The third-order valence-electron chi connectivity index (χ3n) is 5.03. The maximum absolute atomic E-state index is 5.45. The summed E-state index contributed by atoms with van der Waals surface area (Å²) in [6, 6.07) is 4.21. The second-order valence-corrected chi connectivity index (χ2v) is 7.59. The fourth-order valence-corrected chi connectivity index (χ4v) is 3.14. The van der Waals surface area contributed by atoms with Crippen LogP contribution in [0.5, 0.6) is 11.5 Å². The summed E-state index contributed by atoms with van der Waals surface area (Å²) in [4.78, 5) is 7.09. The zero-order valence-electron chi connectivity index (χ0n) is 18.6. The number of nitrogens with one attached hydrogen (secondary N) is 2. The van der Waals surface area contributed by atoms with Crippen LogP contribution in [0.1, 0.15) is 31.9 Å². The van der Waals surface area contributed by atoms with Crippen molar-refractivity contribution in [3.8, 4) is 11.5 Å². The predicted octanol–water partition coefficient (Wildman–Crippen LogP) is 2.66. The Morgan fingerprint density at radius 3 is 2.34 bits per heavy atom. The second kappa shape index (κ2) is 12.4. The molecule has 1 aliphatic rings. The minimum atomic E-state index is -0.265. The summed E-state index contributed by atoms with van der Waals surface area (Å²) in [6.07, 6.45) is 1.02. The Labute approximate surface area is 192 Å². The lowest BCUT2D eigenvalue weighted by Crippen LogP contribution is -2.43. The monoisotopic (exact) mass is 520 g/mol. The molecule has 1 aliphatic heterocycles. The van der Waals surface area contributed by atoms with Crippen LogP contribution in [-0.2, 0) is 17.7 Å². The quantitative estimate of drug-likeness (QED) is 0.297. The van der Waals surface area contributed by atoms with Gasteiger partial charge in [0, 0.05) is 39.8 Å². The number of fused-ring (bicyclic) bond motifs is 1. The third kappa shape index (κ3) is 7.82. The van der Waals surface area contributed by atoms with Gasteiger partial charge in [0.2, 0.25) is 0 Å². The molecule has 0 fully saturated rings. The summed E-state index contributed by atoms with van der Waals surface area (Å²) in [5.41, 5.74) is 2.39. The van der Waals surface area contributed by atoms with Gasteiger partial charge in [0.15, 0.2) is 17.5 Å². The lowest BCUT2D eigenvalue weighted by molar-refractivity contribution is 0.0310. The van der Waals surface area contributed by atoms with Gasteiger partial charge >= 0.3 is 0 Å². The molecule has 0 aliphatic carbocycles. The number of nitrogens with zero attached hydrogens (tertiary/aromatic N) is 2. The number of benzene rings is 1. The summed E-state index contributed by atoms with van der Waals surface area (Å²) in [5, 5.41) is 6.72. The predicted molar refractivity (Wildman–Crippen MR) is 129 cm³/mol. The lowest BCUT2D eigenvalue weighted by atomic mass is 9.99. The molecule has 2 N–H and O–H groups in total. The van der Waals surface area contributed by atoms with Gasteiger partial charge in [0.05, 0.1) is 26.4 Å². The minimum absolute atomic E-state index is 0. The van der Waals surface area contributed by atoms with E-state index in [-0.39, 0.29) is 29.6 Å². The van der Waals surface area contributed by atoms with E-state index in [4.69, 9.17) is 14.2 Å². The molecule has 0 radical (unpaired) electrons. The molecule has 166 valence electrons. The summed E-state index contributed by atoms with van der Waals surface area (Å²) >= 11 is 0. The SMILES string of the molecule is CCNC(=NCC(C)(C)OC)NCCN1CCc2cc(OC)c(OC)cc2C1.I. The Kier molecular flexibility index (Phi) is 11.1. The summed E-state index contributed by atoms with van der Waals surface area (Å²) < 4.78 is 16.3. The maximum Gasteiger partial charge on any atom is 0.191 e. The molecule has 0 saturated carbocycles. The Balaban J connectivity index is 0.00000420. The zero-order valence-corrected chi connectivity index (χ0v) is 21.0. The minimum Gasteiger partial charge on any atom is -0.493 e. The number of halogens is 1. The van der Waals surface area contributed by atoms with Gasteiger partial charge in [-0.25, -0.2) is 0 Å². The van der Waals surface area contributed by atoms with Crippen molar-refractivity contribution in [2.75, 3.05) is 54.1 Å². The van der Waals surface area contributed by atoms with Crippen LogP contribution in [0.3, 0.4) is 0 Å². The van der Waals surface area contributed by atoms with Gasteiger partial charge in [-0.15, -0.1) is 24.0 Å². The number of guanidine groups is 1. The largest absolute Gasteiger partial charge is 0.493 e. The number of methoxy groups -OCH3 is 3. The highest BCUT2D eigenvalue weighted by molar-refractivity contribution is 14.0. The normalized spacial score (nSPS) is 14.6. The van der Waals surface area contributed by atoms with Gasteiger partial charge in [0.1, 0.15) is 0 Å². The van der Waals surface area contributed by atoms with Crippen LogP contribution in [0.4, 0.5) is 0 Å². The van der Waals surface area contributed by atoms with Crippen LogP contribution in [0, 0.1) is 0 Å². The van der Waals surface area contributed by atoms with Crippen LogP contribution in [0.25, 0.3) is 0 Å². The van der Waals surface area contributed by atoms with E-state index in [0.29, 0.717) is 6.54 Å². The van der Waals surface area contributed by atoms with Crippen molar-refractivity contribution in [3.05, 3.63) is 23.3 Å². The first-order valence-corrected chi connectivity index (χ1v) is 9.96. The Morgan fingerprint density at radius 2 is 1.76 bits per heavy atom. The van der Waals surface area contributed by atoms with E-state index < -0.39 is 0 Å². The third-order valence-corrected chi connectivity index (χ3v) is 5.03. The number of rotatable bonds is 9. The van der Waals surface area contributed by atoms with Crippen molar-refractivity contribution in [3.63, 3.8) is 0 Å². The van der Waals surface area contributed by atoms with Crippen molar-refractivity contribution < 1.29 is 14.2 Å². The molecule has 29 heavy (non-hydrogen) atoms.